The number of aliphatic hydroxyl groups excluding tert-OH is 1. The lowest BCUT2D eigenvalue weighted by molar-refractivity contribution is 0.147. The van der Waals surface area contributed by atoms with E-state index in [2.05, 4.69) is 24.0 Å². The Bertz CT molecular complexity index is 478. The smallest absolute Gasteiger partial charge is 0.0829 e. The predicted octanol–water partition coefficient (Wildman–Crippen LogP) is 3.55. The summed E-state index contributed by atoms with van der Waals surface area (Å²) in [5.74, 6) is 0.513. The number of benzene rings is 1. The largest absolute Gasteiger partial charge is 0.388 e. The van der Waals surface area contributed by atoms with Gasteiger partial charge in [-0.05, 0) is 17.9 Å². The van der Waals surface area contributed by atoms with E-state index < -0.39 is 6.10 Å². The van der Waals surface area contributed by atoms with Crippen LogP contribution >= 0.6 is 0 Å². The summed E-state index contributed by atoms with van der Waals surface area (Å²) in [7, 11) is 0. The molecule has 0 saturated heterocycles. The van der Waals surface area contributed by atoms with Gasteiger partial charge in [0.1, 0.15) is 0 Å². The van der Waals surface area contributed by atoms with Gasteiger partial charge in [-0.15, -0.1) is 0 Å². The fraction of sp³-hybridized carbons (Fsp3) is 0.400. The van der Waals surface area contributed by atoms with Crippen molar-refractivity contribution >= 4 is 0 Å². The van der Waals surface area contributed by atoms with Crippen molar-refractivity contribution in [3.05, 3.63) is 42.1 Å². The number of aromatic nitrogens is 2. The molecular formula is C15H20N2O. The molecule has 3 nitrogen and oxygen atoms in total. The molecule has 96 valence electrons. The van der Waals surface area contributed by atoms with Crippen LogP contribution in [-0.4, -0.2) is 15.3 Å². The number of hydrogen-bond acceptors (Lipinski definition) is 2. The van der Waals surface area contributed by atoms with Crippen molar-refractivity contribution in [2.75, 3.05) is 0 Å². The lowest BCUT2D eigenvalue weighted by Gasteiger charge is -2.15. The van der Waals surface area contributed by atoms with Crippen LogP contribution in [0.4, 0.5) is 0 Å². The minimum absolute atomic E-state index is 0.450. The molecule has 3 heteroatoms. The summed E-state index contributed by atoms with van der Waals surface area (Å²) in [5.41, 5.74) is 2.88. The molecule has 0 spiro atoms. The maximum atomic E-state index is 10.3. The Morgan fingerprint density at radius 2 is 2.00 bits per heavy atom. The number of nitrogens with zero attached hydrogens (tertiary/aromatic N) is 1. The molecule has 0 fully saturated rings. The van der Waals surface area contributed by atoms with Gasteiger partial charge in [-0.2, -0.15) is 5.10 Å². The van der Waals surface area contributed by atoms with Crippen LogP contribution in [-0.2, 0) is 0 Å². The fourth-order valence-corrected chi connectivity index (χ4v) is 2.06. The third-order valence-corrected chi connectivity index (χ3v) is 3.41. The molecule has 0 amide bonds. The van der Waals surface area contributed by atoms with Crippen molar-refractivity contribution < 1.29 is 5.11 Å². The molecule has 1 aromatic carbocycles. The second-order valence-electron chi connectivity index (χ2n) is 4.83. The van der Waals surface area contributed by atoms with Crippen LogP contribution in [0, 0.1) is 5.92 Å². The minimum Gasteiger partial charge on any atom is -0.388 e. The van der Waals surface area contributed by atoms with E-state index >= 15 is 0 Å². The van der Waals surface area contributed by atoms with Crippen LogP contribution in [0.25, 0.3) is 11.3 Å². The number of H-pyrrole nitrogens is 1. The third kappa shape index (κ3) is 2.79. The molecule has 0 bridgehead atoms. The van der Waals surface area contributed by atoms with Crippen molar-refractivity contribution in [1.82, 2.24) is 10.2 Å². The molecule has 2 rings (SSSR count). The summed E-state index contributed by atoms with van der Waals surface area (Å²) in [6.45, 7) is 4.30. The van der Waals surface area contributed by atoms with E-state index in [1.54, 1.807) is 6.20 Å². The van der Waals surface area contributed by atoms with Gasteiger partial charge < -0.3 is 5.11 Å². The first-order valence-electron chi connectivity index (χ1n) is 6.49. The average molecular weight is 244 g/mol. The Balaban J connectivity index is 2.23. The zero-order chi connectivity index (χ0) is 13.0. The predicted molar refractivity (Wildman–Crippen MR) is 73.1 cm³/mol. The van der Waals surface area contributed by atoms with E-state index in [0.717, 1.165) is 29.7 Å². The van der Waals surface area contributed by atoms with Crippen molar-refractivity contribution in [3.63, 3.8) is 0 Å². The lowest BCUT2D eigenvalue weighted by atomic mass is 9.95. The highest BCUT2D eigenvalue weighted by molar-refractivity contribution is 5.62. The second kappa shape index (κ2) is 5.83. The van der Waals surface area contributed by atoms with Crippen LogP contribution < -0.4 is 0 Å². The SMILES string of the molecule is CCC(C)CC(O)c1cn[nH]c1-c1ccccc1. The standard InChI is InChI=1S/C15H20N2O/c1-3-11(2)9-14(18)13-10-16-17-15(13)12-7-5-4-6-8-12/h4-8,10-11,14,18H,3,9H2,1-2H3,(H,16,17). The molecule has 0 saturated carbocycles. The number of rotatable bonds is 5. The fourth-order valence-electron chi connectivity index (χ4n) is 2.06. The van der Waals surface area contributed by atoms with Gasteiger partial charge in [0, 0.05) is 5.56 Å². The molecule has 1 aromatic heterocycles. The summed E-state index contributed by atoms with van der Waals surface area (Å²) < 4.78 is 0. The molecule has 2 unspecified atom stereocenters. The summed E-state index contributed by atoms with van der Waals surface area (Å²) in [5, 5.41) is 17.3. The quantitative estimate of drug-likeness (QED) is 0.845. The molecule has 0 radical (unpaired) electrons. The van der Waals surface area contributed by atoms with E-state index in [9.17, 15) is 5.11 Å². The van der Waals surface area contributed by atoms with Gasteiger partial charge in [0.25, 0.3) is 0 Å². The van der Waals surface area contributed by atoms with Gasteiger partial charge in [-0.3, -0.25) is 5.10 Å². The van der Waals surface area contributed by atoms with E-state index in [-0.39, 0.29) is 0 Å². The molecule has 2 atom stereocenters. The van der Waals surface area contributed by atoms with Gasteiger partial charge in [0.05, 0.1) is 18.0 Å². The van der Waals surface area contributed by atoms with Gasteiger partial charge in [0.15, 0.2) is 0 Å². The van der Waals surface area contributed by atoms with Gasteiger partial charge in [-0.25, -0.2) is 0 Å². The number of nitrogens with one attached hydrogen (secondary N) is 1. The first-order valence-corrected chi connectivity index (χ1v) is 6.49. The molecule has 0 aliphatic carbocycles. The Labute approximate surface area is 108 Å². The summed E-state index contributed by atoms with van der Waals surface area (Å²) in [6, 6.07) is 10.00. The average Bonchev–Trinajstić information content (AvgIpc) is 2.88. The molecular weight excluding hydrogens is 224 g/mol. The number of hydrogen-bond donors (Lipinski definition) is 2. The van der Waals surface area contributed by atoms with E-state index in [1.807, 2.05) is 30.3 Å². The highest BCUT2D eigenvalue weighted by atomic mass is 16.3. The van der Waals surface area contributed by atoms with E-state index in [4.69, 9.17) is 0 Å². The molecule has 0 aliphatic heterocycles. The summed E-state index contributed by atoms with van der Waals surface area (Å²) in [4.78, 5) is 0. The second-order valence-corrected chi connectivity index (χ2v) is 4.83. The number of aliphatic hydroxyl groups is 1. The van der Waals surface area contributed by atoms with E-state index in [0.29, 0.717) is 5.92 Å². The van der Waals surface area contributed by atoms with Gasteiger partial charge >= 0.3 is 0 Å². The Kier molecular flexibility index (Phi) is 4.15. The van der Waals surface area contributed by atoms with Crippen LogP contribution in [0.5, 0.6) is 0 Å². The maximum Gasteiger partial charge on any atom is 0.0829 e. The van der Waals surface area contributed by atoms with Crippen molar-refractivity contribution in [2.45, 2.75) is 32.8 Å². The minimum atomic E-state index is -0.450. The van der Waals surface area contributed by atoms with Crippen LogP contribution in [0.1, 0.15) is 38.4 Å². The first-order chi connectivity index (χ1) is 8.72. The van der Waals surface area contributed by atoms with Crippen molar-refractivity contribution in [3.8, 4) is 11.3 Å². The molecule has 18 heavy (non-hydrogen) atoms. The van der Waals surface area contributed by atoms with Gasteiger partial charge in [0.2, 0.25) is 0 Å². The van der Waals surface area contributed by atoms with Crippen LogP contribution in [0.3, 0.4) is 0 Å². The third-order valence-electron chi connectivity index (χ3n) is 3.41. The lowest BCUT2D eigenvalue weighted by Crippen LogP contribution is -2.04. The Hall–Kier alpha value is -1.61. The zero-order valence-corrected chi connectivity index (χ0v) is 10.9. The maximum absolute atomic E-state index is 10.3. The Morgan fingerprint density at radius 1 is 1.28 bits per heavy atom. The Morgan fingerprint density at radius 3 is 2.67 bits per heavy atom. The normalized spacial score (nSPS) is 14.4. The molecule has 2 aromatic rings. The topological polar surface area (TPSA) is 48.9 Å². The molecule has 0 aliphatic rings. The molecule has 2 N–H and O–H groups in total. The van der Waals surface area contributed by atoms with Gasteiger partial charge in [-0.1, -0.05) is 50.6 Å². The zero-order valence-electron chi connectivity index (χ0n) is 10.9. The van der Waals surface area contributed by atoms with E-state index in [1.165, 1.54) is 0 Å². The van der Waals surface area contributed by atoms with Crippen molar-refractivity contribution in [1.29, 1.82) is 0 Å². The highest BCUT2D eigenvalue weighted by Crippen LogP contribution is 2.30. The first kappa shape index (κ1) is 12.8. The van der Waals surface area contributed by atoms with Crippen molar-refractivity contribution in [2.24, 2.45) is 5.92 Å². The monoisotopic (exact) mass is 244 g/mol. The molecule has 1 heterocycles. The number of aromatic amines is 1. The summed E-state index contributed by atoms with van der Waals surface area (Å²) in [6.07, 6.45) is 3.13. The van der Waals surface area contributed by atoms with Crippen LogP contribution in [0.2, 0.25) is 0 Å². The highest BCUT2D eigenvalue weighted by Gasteiger charge is 2.17. The van der Waals surface area contributed by atoms with Crippen LogP contribution in [0.15, 0.2) is 36.5 Å². The summed E-state index contributed by atoms with van der Waals surface area (Å²) >= 11 is 0.